The highest BCUT2D eigenvalue weighted by Crippen LogP contribution is 2.10. The lowest BCUT2D eigenvalue weighted by molar-refractivity contribution is -0.123. The van der Waals surface area contributed by atoms with E-state index in [1.807, 2.05) is 30.5 Å². The van der Waals surface area contributed by atoms with E-state index in [2.05, 4.69) is 10.6 Å². The largest absolute Gasteiger partial charge is 0.444 e. The molecule has 0 spiro atoms. The second-order valence-corrected chi connectivity index (χ2v) is 8.07. The van der Waals surface area contributed by atoms with Crippen LogP contribution in [0.5, 0.6) is 0 Å². The van der Waals surface area contributed by atoms with Crippen LogP contribution in [0.4, 0.5) is 4.79 Å². The van der Waals surface area contributed by atoms with Crippen molar-refractivity contribution >= 4 is 35.4 Å². The average molecular weight is 387 g/mol. The van der Waals surface area contributed by atoms with Gasteiger partial charge in [-0.25, -0.2) is 4.79 Å². The predicted octanol–water partition coefficient (Wildman–Crippen LogP) is 3.65. The maximum Gasteiger partial charge on any atom is 0.408 e. The first kappa shape index (κ1) is 21.6. The Kier molecular flexibility index (Phi) is 9.14. The summed E-state index contributed by atoms with van der Waals surface area (Å²) in [6.07, 6.45) is 2.63. The van der Waals surface area contributed by atoms with Crippen LogP contribution in [0.1, 0.15) is 32.8 Å². The first-order valence-corrected chi connectivity index (χ1v) is 9.99. The van der Waals surface area contributed by atoms with Crippen molar-refractivity contribution in [2.24, 2.45) is 0 Å². The summed E-state index contributed by atoms with van der Waals surface area (Å²) in [5, 5.41) is 6.22. The van der Waals surface area contributed by atoms with Gasteiger partial charge in [0.05, 0.1) is 0 Å². The first-order chi connectivity index (χ1) is 11.7. The van der Waals surface area contributed by atoms with Crippen LogP contribution in [0, 0.1) is 0 Å². The van der Waals surface area contributed by atoms with Gasteiger partial charge in [-0.2, -0.15) is 11.8 Å². The lowest BCUT2D eigenvalue weighted by Gasteiger charge is -2.23. The average Bonchev–Trinajstić information content (AvgIpc) is 2.51. The number of hydrogen-bond donors (Lipinski definition) is 2. The van der Waals surface area contributed by atoms with Gasteiger partial charge in [-0.3, -0.25) is 4.79 Å². The van der Waals surface area contributed by atoms with Crippen molar-refractivity contribution in [2.45, 2.75) is 45.3 Å². The fourth-order valence-corrected chi connectivity index (χ4v) is 2.66. The molecule has 0 aliphatic heterocycles. The molecule has 0 aliphatic rings. The maximum atomic E-state index is 12.4. The monoisotopic (exact) mass is 386 g/mol. The van der Waals surface area contributed by atoms with Gasteiger partial charge in [-0.05, 0) is 63.3 Å². The van der Waals surface area contributed by atoms with E-state index in [0.717, 1.165) is 11.3 Å². The van der Waals surface area contributed by atoms with E-state index in [1.54, 1.807) is 32.5 Å². The predicted molar refractivity (Wildman–Crippen MR) is 104 cm³/mol. The van der Waals surface area contributed by atoms with Gasteiger partial charge in [-0.1, -0.05) is 23.7 Å². The molecule has 1 aromatic rings. The Morgan fingerprint density at radius 3 is 2.44 bits per heavy atom. The lowest BCUT2D eigenvalue weighted by Crippen LogP contribution is -2.48. The Labute approximate surface area is 159 Å². The number of carbonyl (C=O) groups excluding carboxylic acids is 2. The van der Waals surface area contributed by atoms with Crippen molar-refractivity contribution in [3.05, 3.63) is 34.9 Å². The molecule has 0 heterocycles. The summed E-state index contributed by atoms with van der Waals surface area (Å²) in [6.45, 7) is 5.85. The number of halogens is 1. The van der Waals surface area contributed by atoms with E-state index in [9.17, 15) is 9.59 Å². The number of rotatable bonds is 8. The molecule has 0 aliphatic carbocycles. The third kappa shape index (κ3) is 9.60. The van der Waals surface area contributed by atoms with Gasteiger partial charge < -0.3 is 15.4 Å². The van der Waals surface area contributed by atoms with Gasteiger partial charge in [0, 0.05) is 11.6 Å². The van der Waals surface area contributed by atoms with Gasteiger partial charge in [-0.15, -0.1) is 0 Å². The van der Waals surface area contributed by atoms with E-state index in [1.165, 1.54) is 0 Å². The fourth-order valence-electron chi connectivity index (χ4n) is 2.06. The number of carbonyl (C=O) groups is 2. The number of thioether (sulfide) groups is 1. The van der Waals surface area contributed by atoms with Crippen LogP contribution in [0.15, 0.2) is 24.3 Å². The molecule has 0 saturated carbocycles. The standard InChI is InChI=1S/C18H27ClN2O3S/c1-18(2,3)24-17(23)21-15(10-12-25-4)16(22)20-11-9-13-5-7-14(19)8-6-13/h5-8,15H,9-12H2,1-4H3,(H,20,22)(H,21,23)/t15-/m0/s1. The highest BCUT2D eigenvalue weighted by atomic mass is 35.5. The molecule has 1 atom stereocenters. The second-order valence-electron chi connectivity index (χ2n) is 6.65. The normalized spacial score (nSPS) is 12.4. The lowest BCUT2D eigenvalue weighted by atomic mass is 10.1. The minimum Gasteiger partial charge on any atom is -0.444 e. The van der Waals surface area contributed by atoms with Gasteiger partial charge >= 0.3 is 6.09 Å². The Hall–Kier alpha value is -1.40. The molecule has 140 valence electrons. The van der Waals surface area contributed by atoms with Crippen LogP contribution < -0.4 is 10.6 Å². The van der Waals surface area contributed by atoms with E-state index in [0.29, 0.717) is 24.4 Å². The molecule has 2 N–H and O–H groups in total. The quantitative estimate of drug-likeness (QED) is 0.715. The molecule has 5 nitrogen and oxygen atoms in total. The molecule has 1 aromatic carbocycles. The zero-order valence-electron chi connectivity index (χ0n) is 15.2. The Bertz CT molecular complexity index is 558. The van der Waals surface area contributed by atoms with E-state index in [-0.39, 0.29) is 5.91 Å². The molecule has 0 radical (unpaired) electrons. The zero-order chi connectivity index (χ0) is 18.9. The number of hydrogen-bond acceptors (Lipinski definition) is 4. The maximum absolute atomic E-state index is 12.4. The molecular formula is C18H27ClN2O3S. The molecule has 0 aromatic heterocycles. The summed E-state index contributed by atoms with van der Waals surface area (Å²) >= 11 is 7.48. The summed E-state index contributed by atoms with van der Waals surface area (Å²) in [5.74, 6) is 0.569. The van der Waals surface area contributed by atoms with E-state index >= 15 is 0 Å². The Balaban J connectivity index is 2.51. The first-order valence-electron chi connectivity index (χ1n) is 8.22. The van der Waals surface area contributed by atoms with Crippen LogP contribution in [-0.2, 0) is 16.0 Å². The molecule has 0 fully saturated rings. The minimum atomic E-state index is -0.604. The molecule has 0 unspecified atom stereocenters. The third-order valence-electron chi connectivity index (χ3n) is 3.24. The van der Waals surface area contributed by atoms with Crippen molar-refractivity contribution in [1.82, 2.24) is 10.6 Å². The summed E-state index contributed by atoms with van der Waals surface area (Å²) in [6, 6.07) is 6.90. The third-order valence-corrected chi connectivity index (χ3v) is 4.14. The fraction of sp³-hybridized carbons (Fsp3) is 0.556. The summed E-state index contributed by atoms with van der Waals surface area (Å²) in [5.41, 5.74) is 0.490. The van der Waals surface area contributed by atoms with E-state index < -0.39 is 17.7 Å². The van der Waals surface area contributed by atoms with Gasteiger partial charge in [0.25, 0.3) is 0 Å². The summed E-state index contributed by atoms with van der Waals surface area (Å²) in [7, 11) is 0. The second kappa shape index (κ2) is 10.6. The van der Waals surface area contributed by atoms with Gasteiger partial charge in [0.2, 0.25) is 5.91 Å². The van der Waals surface area contributed by atoms with Crippen molar-refractivity contribution in [3.8, 4) is 0 Å². The van der Waals surface area contributed by atoms with Crippen LogP contribution in [-0.4, -0.2) is 42.2 Å². The SMILES string of the molecule is CSCC[C@H](NC(=O)OC(C)(C)C)C(=O)NCCc1ccc(Cl)cc1. The molecule has 0 bridgehead atoms. The van der Waals surface area contributed by atoms with Crippen molar-refractivity contribution in [3.63, 3.8) is 0 Å². The molecule has 25 heavy (non-hydrogen) atoms. The molecule has 7 heteroatoms. The van der Waals surface area contributed by atoms with Crippen molar-refractivity contribution < 1.29 is 14.3 Å². The highest BCUT2D eigenvalue weighted by molar-refractivity contribution is 7.98. The Morgan fingerprint density at radius 1 is 1.24 bits per heavy atom. The highest BCUT2D eigenvalue weighted by Gasteiger charge is 2.23. The topological polar surface area (TPSA) is 67.4 Å². The number of benzene rings is 1. The Morgan fingerprint density at radius 2 is 1.88 bits per heavy atom. The zero-order valence-corrected chi connectivity index (χ0v) is 16.8. The number of nitrogens with one attached hydrogen (secondary N) is 2. The smallest absolute Gasteiger partial charge is 0.408 e. The molecule has 2 amide bonds. The number of ether oxygens (including phenoxy) is 1. The van der Waals surface area contributed by atoms with Crippen molar-refractivity contribution in [2.75, 3.05) is 18.6 Å². The van der Waals surface area contributed by atoms with Gasteiger partial charge in [0.1, 0.15) is 11.6 Å². The van der Waals surface area contributed by atoms with E-state index in [4.69, 9.17) is 16.3 Å². The van der Waals surface area contributed by atoms with Crippen LogP contribution in [0.3, 0.4) is 0 Å². The minimum absolute atomic E-state index is 0.200. The van der Waals surface area contributed by atoms with Crippen LogP contribution in [0.25, 0.3) is 0 Å². The van der Waals surface area contributed by atoms with Gasteiger partial charge in [0.15, 0.2) is 0 Å². The van der Waals surface area contributed by atoms with Crippen LogP contribution >= 0.6 is 23.4 Å². The van der Waals surface area contributed by atoms with Crippen LogP contribution in [0.2, 0.25) is 5.02 Å². The molecule has 0 saturated heterocycles. The molecule has 1 rings (SSSR count). The summed E-state index contributed by atoms with van der Waals surface area (Å²) in [4.78, 5) is 24.3. The summed E-state index contributed by atoms with van der Waals surface area (Å²) < 4.78 is 5.23. The number of alkyl carbamates (subject to hydrolysis) is 1. The van der Waals surface area contributed by atoms with Crippen molar-refractivity contribution in [1.29, 1.82) is 0 Å². The molecular weight excluding hydrogens is 360 g/mol. The number of amides is 2.